The minimum Gasteiger partial charge on any atom is -0.330 e. The molecule has 0 radical (unpaired) electrons. The molecule has 0 aliphatic heterocycles. The molecule has 3 rings (SSSR count). The van der Waals surface area contributed by atoms with Crippen molar-refractivity contribution in [1.82, 2.24) is 9.21 Å². The number of benzene rings is 3. The van der Waals surface area contributed by atoms with E-state index in [-0.39, 0.29) is 11.4 Å². The van der Waals surface area contributed by atoms with Crippen LogP contribution in [-0.4, -0.2) is 37.1 Å². The Morgan fingerprint density at radius 1 is 1.00 bits per heavy atom. The van der Waals surface area contributed by atoms with E-state index in [4.69, 9.17) is 5.26 Å². The molecule has 1 unspecified atom stereocenters. The number of carbonyl (C=O) groups is 1. The summed E-state index contributed by atoms with van der Waals surface area (Å²) in [7, 11) is -2.71. The van der Waals surface area contributed by atoms with Crippen LogP contribution in [0.1, 0.15) is 36.1 Å². The number of halogens is 2. The maximum Gasteiger partial charge on any atom is 0.243 e. The molecule has 0 saturated carbocycles. The standard InChI is InChI=1S/C26H25F2N3O3S/c1-3-25(21-9-11-22(27)12-10-21)31(17-20-5-4-6-23(28)15-20)26(32)18-30(2)35(33,34)24-13-7-19(16-29)8-14-24/h4-15,25H,3,17-18H2,1-2H3. The van der Waals surface area contributed by atoms with Crippen LogP contribution in [0.25, 0.3) is 0 Å². The molecule has 1 amide bonds. The molecule has 0 spiro atoms. The molecule has 3 aromatic rings. The average molecular weight is 498 g/mol. The highest BCUT2D eigenvalue weighted by molar-refractivity contribution is 7.89. The number of carbonyl (C=O) groups excluding carboxylic acids is 1. The van der Waals surface area contributed by atoms with Gasteiger partial charge in [0.2, 0.25) is 15.9 Å². The number of sulfonamides is 1. The maximum absolute atomic E-state index is 13.8. The van der Waals surface area contributed by atoms with Gasteiger partial charge in [0.05, 0.1) is 29.1 Å². The summed E-state index contributed by atoms with van der Waals surface area (Å²) < 4.78 is 54.3. The molecule has 3 aromatic carbocycles. The fourth-order valence-corrected chi connectivity index (χ4v) is 4.89. The second kappa shape index (κ2) is 11.2. The van der Waals surface area contributed by atoms with Crippen LogP contribution in [0.3, 0.4) is 0 Å². The Morgan fingerprint density at radius 3 is 2.23 bits per heavy atom. The van der Waals surface area contributed by atoms with Crippen molar-refractivity contribution in [2.45, 2.75) is 30.8 Å². The van der Waals surface area contributed by atoms with Crippen molar-refractivity contribution in [3.05, 3.63) is 101 Å². The predicted molar refractivity (Wildman–Crippen MR) is 127 cm³/mol. The van der Waals surface area contributed by atoms with Gasteiger partial charge in [-0.3, -0.25) is 4.79 Å². The van der Waals surface area contributed by atoms with E-state index in [1.165, 1.54) is 66.5 Å². The van der Waals surface area contributed by atoms with E-state index in [0.29, 0.717) is 23.1 Å². The van der Waals surface area contributed by atoms with Crippen LogP contribution in [0.2, 0.25) is 0 Å². The number of rotatable bonds is 9. The summed E-state index contributed by atoms with van der Waals surface area (Å²) in [6, 6.07) is 18.4. The quantitative estimate of drug-likeness (QED) is 0.431. The summed E-state index contributed by atoms with van der Waals surface area (Å²) in [6.45, 7) is 1.43. The second-order valence-corrected chi connectivity index (χ2v) is 10.1. The van der Waals surface area contributed by atoms with E-state index >= 15 is 0 Å². The molecule has 0 fully saturated rings. The van der Waals surface area contributed by atoms with Gasteiger partial charge in [-0.15, -0.1) is 0 Å². The summed E-state index contributed by atoms with van der Waals surface area (Å²) in [4.78, 5) is 14.9. The first-order valence-corrected chi connectivity index (χ1v) is 12.4. The fourth-order valence-electron chi connectivity index (χ4n) is 3.77. The molecule has 0 aliphatic carbocycles. The Labute approximate surface area is 204 Å². The minimum absolute atomic E-state index is 0.0389. The first-order chi connectivity index (χ1) is 16.6. The summed E-state index contributed by atoms with van der Waals surface area (Å²) >= 11 is 0. The highest BCUT2D eigenvalue weighted by atomic mass is 32.2. The van der Waals surface area contributed by atoms with Crippen molar-refractivity contribution in [2.75, 3.05) is 13.6 Å². The zero-order chi connectivity index (χ0) is 25.6. The zero-order valence-corrected chi connectivity index (χ0v) is 20.2. The van der Waals surface area contributed by atoms with Crippen molar-refractivity contribution in [3.8, 4) is 6.07 Å². The predicted octanol–water partition coefficient (Wildman–Crippen LogP) is 4.64. The normalized spacial score (nSPS) is 12.2. The SMILES string of the molecule is CCC(c1ccc(F)cc1)N(Cc1cccc(F)c1)C(=O)CN(C)S(=O)(=O)c1ccc(C#N)cc1. The number of likely N-dealkylation sites (N-methyl/N-ethyl adjacent to an activating group) is 1. The third kappa shape index (κ3) is 6.29. The van der Waals surface area contributed by atoms with Gasteiger partial charge in [0.15, 0.2) is 0 Å². The lowest BCUT2D eigenvalue weighted by atomic mass is 10.0. The van der Waals surface area contributed by atoms with Gasteiger partial charge >= 0.3 is 0 Å². The van der Waals surface area contributed by atoms with Crippen LogP contribution in [0.15, 0.2) is 77.7 Å². The van der Waals surface area contributed by atoms with E-state index in [9.17, 15) is 22.0 Å². The Hall–Kier alpha value is -3.61. The van der Waals surface area contributed by atoms with Crippen molar-refractivity contribution < 1.29 is 22.0 Å². The number of amides is 1. The maximum atomic E-state index is 13.8. The molecule has 182 valence electrons. The average Bonchev–Trinajstić information content (AvgIpc) is 2.85. The highest BCUT2D eigenvalue weighted by Gasteiger charge is 2.29. The molecule has 6 nitrogen and oxygen atoms in total. The molecule has 1 atom stereocenters. The van der Waals surface area contributed by atoms with Gasteiger partial charge in [0.25, 0.3) is 0 Å². The Balaban J connectivity index is 1.91. The van der Waals surface area contributed by atoms with Gasteiger partial charge in [-0.2, -0.15) is 9.57 Å². The Morgan fingerprint density at radius 2 is 1.66 bits per heavy atom. The van der Waals surface area contributed by atoms with Crippen molar-refractivity contribution in [2.24, 2.45) is 0 Å². The van der Waals surface area contributed by atoms with Gasteiger partial charge < -0.3 is 4.90 Å². The van der Waals surface area contributed by atoms with Gasteiger partial charge in [0, 0.05) is 13.6 Å². The summed E-state index contributed by atoms with van der Waals surface area (Å²) in [5.41, 5.74) is 1.53. The van der Waals surface area contributed by atoms with Crippen LogP contribution in [0.5, 0.6) is 0 Å². The second-order valence-electron chi connectivity index (χ2n) is 8.02. The molecule has 0 bridgehead atoms. The lowest BCUT2D eigenvalue weighted by molar-refractivity contribution is -0.134. The first kappa shape index (κ1) is 26.0. The molecule has 35 heavy (non-hydrogen) atoms. The number of hydrogen-bond donors (Lipinski definition) is 0. The largest absolute Gasteiger partial charge is 0.330 e. The van der Waals surface area contributed by atoms with Crippen LogP contribution >= 0.6 is 0 Å². The molecule has 0 saturated heterocycles. The van der Waals surface area contributed by atoms with E-state index in [1.54, 1.807) is 18.2 Å². The topological polar surface area (TPSA) is 81.5 Å². The molecule has 0 N–H and O–H groups in total. The van der Waals surface area contributed by atoms with Gasteiger partial charge in [-0.05, 0) is 66.1 Å². The van der Waals surface area contributed by atoms with Gasteiger partial charge in [-0.25, -0.2) is 17.2 Å². The fraction of sp³-hybridized carbons (Fsp3) is 0.231. The van der Waals surface area contributed by atoms with Crippen LogP contribution in [0.4, 0.5) is 8.78 Å². The first-order valence-electron chi connectivity index (χ1n) is 10.9. The third-order valence-corrected chi connectivity index (χ3v) is 7.45. The molecular formula is C26H25F2N3O3S. The minimum atomic E-state index is -4.01. The smallest absolute Gasteiger partial charge is 0.243 e. The highest BCUT2D eigenvalue weighted by Crippen LogP contribution is 2.27. The number of hydrogen-bond acceptors (Lipinski definition) is 4. The lowest BCUT2D eigenvalue weighted by Crippen LogP contribution is -2.42. The molecule has 0 heterocycles. The Kier molecular flexibility index (Phi) is 8.33. The van der Waals surface area contributed by atoms with Crippen LogP contribution in [0, 0.1) is 23.0 Å². The van der Waals surface area contributed by atoms with Crippen molar-refractivity contribution in [3.63, 3.8) is 0 Å². The van der Waals surface area contributed by atoms with Gasteiger partial charge in [-0.1, -0.05) is 31.2 Å². The monoisotopic (exact) mass is 497 g/mol. The van der Waals surface area contributed by atoms with Gasteiger partial charge in [0.1, 0.15) is 11.6 Å². The molecule has 9 heteroatoms. The lowest BCUT2D eigenvalue weighted by Gasteiger charge is -2.33. The summed E-state index contributed by atoms with van der Waals surface area (Å²) in [5.74, 6) is -1.37. The summed E-state index contributed by atoms with van der Waals surface area (Å²) in [6.07, 6.45) is 0.471. The Bertz CT molecular complexity index is 1320. The number of nitriles is 1. The molecular weight excluding hydrogens is 472 g/mol. The van der Waals surface area contributed by atoms with E-state index in [1.807, 2.05) is 13.0 Å². The zero-order valence-electron chi connectivity index (χ0n) is 19.4. The van der Waals surface area contributed by atoms with E-state index < -0.39 is 40.2 Å². The summed E-state index contributed by atoms with van der Waals surface area (Å²) in [5, 5.41) is 8.94. The molecule has 0 aliphatic rings. The van der Waals surface area contributed by atoms with E-state index in [0.717, 1.165) is 4.31 Å². The number of nitrogens with zero attached hydrogens (tertiary/aromatic N) is 3. The van der Waals surface area contributed by atoms with Crippen molar-refractivity contribution in [1.29, 1.82) is 5.26 Å². The van der Waals surface area contributed by atoms with Crippen LogP contribution < -0.4 is 0 Å². The third-order valence-electron chi connectivity index (χ3n) is 5.63. The van der Waals surface area contributed by atoms with Crippen LogP contribution in [-0.2, 0) is 21.4 Å². The molecule has 0 aromatic heterocycles. The van der Waals surface area contributed by atoms with Crippen molar-refractivity contribution >= 4 is 15.9 Å². The van der Waals surface area contributed by atoms with E-state index in [2.05, 4.69) is 0 Å².